The summed E-state index contributed by atoms with van der Waals surface area (Å²) in [4.78, 5) is 25.1. The molecule has 0 aromatic carbocycles. The van der Waals surface area contributed by atoms with Crippen molar-refractivity contribution in [2.45, 2.75) is 26.5 Å². The first-order valence-corrected chi connectivity index (χ1v) is 7.50. The largest absolute Gasteiger partial charge is 0.457 e. The molecule has 2 aromatic rings. The summed E-state index contributed by atoms with van der Waals surface area (Å²) in [5.74, 6) is -0.984. The van der Waals surface area contributed by atoms with Crippen molar-refractivity contribution in [3.63, 3.8) is 0 Å². The first-order chi connectivity index (χ1) is 10.1. The van der Waals surface area contributed by atoms with Crippen LogP contribution in [0.5, 0.6) is 0 Å². The van der Waals surface area contributed by atoms with E-state index in [0.717, 1.165) is 4.88 Å². The molecule has 1 atom stereocenters. The number of hydrogen-bond donors (Lipinski definition) is 1. The zero-order valence-corrected chi connectivity index (χ0v) is 12.7. The molecule has 0 aliphatic carbocycles. The lowest BCUT2D eigenvalue weighted by molar-refractivity contribution is -0.132. The van der Waals surface area contributed by atoms with Crippen LogP contribution in [0.15, 0.2) is 40.3 Å². The molecule has 0 fully saturated rings. The molecule has 1 amide bonds. The van der Waals surface area contributed by atoms with Gasteiger partial charge in [-0.1, -0.05) is 19.9 Å². The minimum atomic E-state index is -0.845. The summed E-state index contributed by atoms with van der Waals surface area (Å²) in [6, 6.07) is 6.95. The zero-order valence-electron chi connectivity index (χ0n) is 11.9. The van der Waals surface area contributed by atoms with E-state index in [9.17, 15) is 9.59 Å². The van der Waals surface area contributed by atoms with E-state index >= 15 is 0 Å². The van der Waals surface area contributed by atoms with E-state index in [4.69, 9.17) is 9.15 Å². The number of furan rings is 1. The standard InChI is InChI=1S/C15H17NO4S/c1-10(2)13(20-15(18)12-6-3-7-19-12)14(17)16-9-11-5-4-8-21-11/h3-8,10,13H,9H2,1-2H3,(H,16,17)/t13-/m1/s1. The van der Waals surface area contributed by atoms with E-state index in [1.165, 1.54) is 12.3 Å². The van der Waals surface area contributed by atoms with Crippen LogP contribution < -0.4 is 5.32 Å². The highest BCUT2D eigenvalue weighted by atomic mass is 32.1. The molecule has 21 heavy (non-hydrogen) atoms. The van der Waals surface area contributed by atoms with Crippen molar-refractivity contribution in [3.05, 3.63) is 46.5 Å². The van der Waals surface area contributed by atoms with Gasteiger partial charge in [0.05, 0.1) is 12.8 Å². The average Bonchev–Trinajstić information content (AvgIpc) is 3.13. The maximum absolute atomic E-state index is 12.2. The number of hydrogen-bond acceptors (Lipinski definition) is 5. The number of esters is 1. The van der Waals surface area contributed by atoms with E-state index < -0.39 is 12.1 Å². The fraction of sp³-hybridized carbons (Fsp3) is 0.333. The Kier molecular flexibility index (Phi) is 5.16. The average molecular weight is 307 g/mol. The van der Waals surface area contributed by atoms with Gasteiger partial charge in [0, 0.05) is 4.88 Å². The van der Waals surface area contributed by atoms with E-state index in [-0.39, 0.29) is 17.6 Å². The van der Waals surface area contributed by atoms with Gasteiger partial charge < -0.3 is 14.5 Å². The Morgan fingerprint density at radius 2 is 2.14 bits per heavy atom. The Morgan fingerprint density at radius 1 is 1.33 bits per heavy atom. The zero-order chi connectivity index (χ0) is 15.2. The lowest BCUT2D eigenvalue weighted by Gasteiger charge is -2.20. The molecule has 2 heterocycles. The molecule has 2 aromatic heterocycles. The molecule has 0 saturated heterocycles. The van der Waals surface area contributed by atoms with E-state index in [1.807, 2.05) is 31.4 Å². The summed E-state index contributed by atoms with van der Waals surface area (Å²) in [6.07, 6.45) is 0.542. The van der Waals surface area contributed by atoms with Crippen LogP contribution in [0.1, 0.15) is 29.3 Å². The Morgan fingerprint density at radius 3 is 2.71 bits per heavy atom. The van der Waals surface area contributed by atoms with E-state index in [1.54, 1.807) is 17.4 Å². The van der Waals surface area contributed by atoms with Gasteiger partial charge in [-0.2, -0.15) is 0 Å². The Bertz CT molecular complexity index is 575. The van der Waals surface area contributed by atoms with Crippen LogP contribution in [-0.4, -0.2) is 18.0 Å². The summed E-state index contributed by atoms with van der Waals surface area (Å²) in [5.41, 5.74) is 0. The van der Waals surface area contributed by atoms with Crippen molar-refractivity contribution in [1.29, 1.82) is 0 Å². The number of carbonyl (C=O) groups excluding carboxylic acids is 2. The van der Waals surface area contributed by atoms with Crippen LogP contribution in [-0.2, 0) is 16.1 Å². The summed E-state index contributed by atoms with van der Waals surface area (Å²) >= 11 is 1.56. The lowest BCUT2D eigenvalue weighted by Crippen LogP contribution is -2.40. The van der Waals surface area contributed by atoms with E-state index in [2.05, 4.69) is 5.32 Å². The quantitative estimate of drug-likeness (QED) is 0.833. The van der Waals surface area contributed by atoms with Gasteiger partial charge in [-0.15, -0.1) is 11.3 Å². The van der Waals surface area contributed by atoms with Crippen molar-refractivity contribution in [2.75, 3.05) is 0 Å². The van der Waals surface area contributed by atoms with Gasteiger partial charge in [-0.25, -0.2) is 4.79 Å². The first-order valence-electron chi connectivity index (χ1n) is 6.62. The molecule has 5 nitrogen and oxygen atoms in total. The fourth-order valence-electron chi connectivity index (χ4n) is 1.75. The van der Waals surface area contributed by atoms with Gasteiger partial charge in [0.15, 0.2) is 6.10 Å². The van der Waals surface area contributed by atoms with Gasteiger partial charge in [0.25, 0.3) is 5.91 Å². The van der Waals surface area contributed by atoms with Crippen LogP contribution in [0.25, 0.3) is 0 Å². The number of amides is 1. The van der Waals surface area contributed by atoms with Gasteiger partial charge in [-0.05, 0) is 29.5 Å². The van der Waals surface area contributed by atoms with Crippen LogP contribution in [0, 0.1) is 5.92 Å². The minimum Gasteiger partial charge on any atom is -0.457 e. The summed E-state index contributed by atoms with van der Waals surface area (Å²) in [6.45, 7) is 4.08. The van der Waals surface area contributed by atoms with Crippen molar-refractivity contribution < 1.29 is 18.7 Å². The summed E-state index contributed by atoms with van der Waals surface area (Å²) < 4.78 is 10.2. The SMILES string of the molecule is CC(C)[C@@H](OC(=O)c1ccco1)C(=O)NCc1cccs1. The van der Waals surface area contributed by atoms with Crippen molar-refractivity contribution in [2.24, 2.45) is 5.92 Å². The fourth-order valence-corrected chi connectivity index (χ4v) is 2.39. The molecule has 0 bridgehead atoms. The van der Waals surface area contributed by atoms with Crippen LogP contribution >= 0.6 is 11.3 Å². The van der Waals surface area contributed by atoms with Gasteiger partial charge in [0.1, 0.15) is 0 Å². The second kappa shape index (κ2) is 7.08. The molecule has 0 aliphatic rings. The molecule has 0 radical (unpaired) electrons. The maximum Gasteiger partial charge on any atom is 0.375 e. The molecule has 0 unspecified atom stereocenters. The molecular weight excluding hydrogens is 290 g/mol. The molecule has 1 N–H and O–H groups in total. The molecule has 0 saturated carbocycles. The Balaban J connectivity index is 1.94. The molecule has 112 valence electrons. The van der Waals surface area contributed by atoms with Crippen molar-refractivity contribution in [1.82, 2.24) is 5.32 Å². The number of nitrogens with one attached hydrogen (secondary N) is 1. The third kappa shape index (κ3) is 4.19. The van der Waals surface area contributed by atoms with Crippen molar-refractivity contribution >= 4 is 23.2 Å². The number of carbonyl (C=O) groups is 2. The highest BCUT2D eigenvalue weighted by molar-refractivity contribution is 7.09. The molecule has 0 spiro atoms. The monoisotopic (exact) mass is 307 g/mol. The molecule has 2 rings (SSSR count). The summed E-state index contributed by atoms with van der Waals surface area (Å²) in [7, 11) is 0. The lowest BCUT2D eigenvalue weighted by atomic mass is 10.1. The maximum atomic E-state index is 12.2. The first kappa shape index (κ1) is 15.3. The Labute approximate surface area is 126 Å². The summed E-state index contributed by atoms with van der Waals surface area (Å²) in [5, 5.41) is 4.72. The van der Waals surface area contributed by atoms with Crippen molar-refractivity contribution in [3.8, 4) is 0 Å². The molecule has 6 heteroatoms. The highest BCUT2D eigenvalue weighted by Gasteiger charge is 2.27. The second-order valence-corrected chi connectivity index (χ2v) is 5.88. The predicted octanol–water partition coefficient (Wildman–Crippen LogP) is 2.84. The van der Waals surface area contributed by atoms with Crippen LogP contribution in [0.2, 0.25) is 0 Å². The van der Waals surface area contributed by atoms with E-state index in [0.29, 0.717) is 6.54 Å². The molecular formula is C15H17NO4S. The number of rotatable bonds is 6. The van der Waals surface area contributed by atoms with Gasteiger partial charge in [0.2, 0.25) is 5.76 Å². The number of thiophene rings is 1. The molecule has 0 aliphatic heterocycles. The van der Waals surface area contributed by atoms with Gasteiger partial charge in [-0.3, -0.25) is 4.79 Å². The minimum absolute atomic E-state index is 0.0895. The third-order valence-electron chi connectivity index (χ3n) is 2.84. The Hall–Kier alpha value is -2.08. The third-order valence-corrected chi connectivity index (χ3v) is 3.71. The predicted molar refractivity (Wildman–Crippen MR) is 78.9 cm³/mol. The smallest absolute Gasteiger partial charge is 0.375 e. The topological polar surface area (TPSA) is 68.5 Å². The normalized spacial score (nSPS) is 12.1. The second-order valence-electron chi connectivity index (χ2n) is 4.84. The number of ether oxygens (including phenoxy) is 1. The van der Waals surface area contributed by atoms with Crippen LogP contribution in [0.4, 0.5) is 0 Å². The van der Waals surface area contributed by atoms with Crippen LogP contribution in [0.3, 0.4) is 0 Å². The highest BCUT2D eigenvalue weighted by Crippen LogP contribution is 2.13. The van der Waals surface area contributed by atoms with Gasteiger partial charge >= 0.3 is 5.97 Å².